The summed E-state index contributed by atoms with van der Waals surface area (Å²) in [6, 6.07) is 4.95. The minimum absolute atomic E-state index is 0.103. The van der Waals surface area contributed by atoms with E-state index in [0.717, 1.165) is 11.3 Å². The number of carbonyl (C=O) groups excluding carboxylic acids is 1. The van der Waals surface area contributed by atoms with E-state index in [9.17, 15) is 9.90 Å². The van der Waals surface area contributed by atoms with Crippen LogP contribution in [0.5, 0.6) is 5.75 Å². The number of aromatic nitrogens is 2. The van der Waals surface area contributed by atoms with Crippen LogP contribution in [0, 0.1) is 0 Å². The molecule has 0 spiro atoms. The number of aromatic amines is 1. The third-order valence-corrected chi connectivity index (χ3v) is 4.49. The van der Waals surface area contributed by atoms with Crippen molar-refractivity contribution in [1.29, 1.82) is 0 Å². The molecule has 1 amide bonds. The molecule has 0 fully saturated rings. The first-order chi connectivity index (χ1) is 11.6. The van der Waals surface area contributed by atoms with Gasteiger partial charge in [-0.15, -0.1) is 0 Å². The third kappa shape index (κ3) is 4.43. The molecule has 8 heteroatoms. The number of thioether (sulfide) groups is 1. The first kappa shape index (κ1) is 18.6. The quantitative estimate of drug-likeness (QED) is 0.665. The summed E-state index contributed by atoms with van der Waals surface area (Å²) in [6.07, 6.45) is 4.15. The molecular formula is C16H20ClN3O3S. The first-order valence-corrected chi connectivity index (χ1v) is 9.15. The summed E-state index contributed by atoms with van der Waals surface area (Å²) in [5.74, 6) is 1.13. The molecule has 0 bridgehead atoms. The van der Waals surface area contributed by atoms with Gasteiger partial charge in [-0.1, -0.05) is 11.6 Å². The lowest BCUT2D eigenvalue weighted by Gasteiger charge is -2.15. The van der Waals surface area contributed by atoms with Crippen molar-refractivity contribution in [2.75, 3.05) is 25.7 Å². The molecule has 2 rings (SSSR count). The first-order valence-electron chi connectivity index (χ1n) is 7.38. The number of aliphatic hydroxyl groups is 1. The summed E-state index contributed by atoms with van der Waals surface area (Å²) in [4.78, 5) is 12.5. The highest BCUT2D eigenvalue weighted by Crippen LogP contribution is 2.30. The largest absolute Gasteiger partial charge is 0.495 e. The average Bonchev–Trinajstić information content (AvgIpc) is 3.08. The van der Waals surface area contributed by atoms with Gasteiger partial charge in [-0.25, -0.2) is 0 Å². The van der Waals surface area contributed by atoms with Crippen LogP contribution in [0.4, 0.5) is 0 Å². The van der Waals surface area contributed by atoms with E-state index in [4.69, 9.17) is 16.3 Å². The van der Waals surface area contributed by atoms with Gasteiger partial charge in [-0.2, -0.15) is 16.9 Å². The maximum Gasteiger partial charge on any atom is 0.255 e. The van der Waals surface area contributed by atoms with Crippen LogP contribution in [0.1, 0.15) is 16.8 Å². The molecule has 1 aromatic heterocycles. The van der Waals surface area contributed by atoms with E-state index in [0.29, 0.717) is 28.5 Å². The van der Waals surface area contributed by atoms with E-state index in [1.54, 1.807) is 37.1 Å². The Kier molecular flexibility index (Phi) is 6.96. The second-order valence-electron chi connectivity index (χ2n) is 5.14. The zero-order chi connectivity index (χ0) is 17.5. The van der Waals surface area contributed by atoms with Crippen LogP contribution in [0.25, 0.3) is 11.3 Å². The molecule has 0 aliphatic rings. The highest BCUT2D eigenvalue weighted by molar-refractivity contribution is 7.98. The Morgan fingerprint density at radius 3 is 2.96 bits per heavy atom. The summed E-state index contributed by atoms with van der Waals surface area (Å²) in [5, 5.41) is 19.5. The molecule has 6 nitrogen and oxygen atoms in total. The standard InChI is InChI=1S/C16H20ClN3O3S/c1-23-14-4-3-10(7-13(14)17)15-12(8-18-20-15)16(22)19-11(9-21)5-6-24-2/h3-4,7-8,11,21H,5-6,9H2,1-2H3,(H,18,20)(H,19,22). The molecule has 3 N–H and O–H groups in total. The number of nitrogens with one attached hydrogen (secondary N) is 2. The number of ether oxygens (including phenoxy) is 1. The van der Waals surface area contributed by atoms with Crippen LogP contribution < -0.4 is 10.1 Å². The second kappa shape index (κ2) is 8.96. The van der Waals surface area contributed by atoms with Crippen molar-refractivity contribution in [3.63, 3.8) is 0 Å². The second-order valence-corrected chi connectivity index (χ2v) is 6.54. The summed E-state index contributed by atoms with van der Waals surface area (Å²) >= 11 is 7.81. The fourth-order valence-electron chi connectivity index (χ4n) is 2.23. The Bertz CT molecular complexity index is 693. The number of halogens is 1. The number of benzene rings is 1. The fourth-order valence-corrected chi connectivity index (χ4v) is 3.01. The number of aliphatic hydroxyl groups excluding tert-OH is 1. The minimum Gasteiger partial charge on any atom is -0.495 e. The van der Waals surface area contributed by atoms with Gasteiger partial charge in [-0.05, 0) is 36.6 Å². The zero-order valence-electron chi connectivity index (χ0n) is 13.5. The molecule has 130 valence electrons. The van der Waals surface area contributed by atoms with Crippen LogP contribution in [-0.4, -0.2) is 53.0 Å². The highest BCUT2D eigenvalue weighted by Gasteiger charge is 2.19. The molecule has 0 saturated heterocycles. The molecule has 0 aliphatic carbocycles. The number of hydrogen-bond acceptors (Lipinski definition) is 5. The summed E-state index contributed by atoms with van der Waals surface area (Å²) in [5.41, 5.74) is 1.70. The van der Waals surface area contributed by atoms with Crippen molar-refractivity contribution in [3.05, 3.63) is 35.0 Å². The van der Waals surface area contributed by atoms with Gasteiger partial charge in [0.1, 0.15) is 5.75 Å². The maximum absolute atomic E-state index is 12.5. The van der Waals surface area contributed by atoms with Gasteiger partial charge in [0, 0.05) is 5.56 Å². The number of nitrogens with zero attached hydrogens (tertiary/aromatic N) is 1. The normalized spacial score (nSPS) is 12.0. The molecule has 1 atom stereocenters. The number of carbonyl (C=O) groups is 1. The molecule has 24 heavy (non-hydrogen) atoms. The highest BCUT2D eigenvalue weighted by atomic mass is 35.5. The lowest BCUT2D eigenvalue weighted by Crippen LogP contribution is -2.38. The SMILES string of the molecule is COc1ccc(-c2[nH]ncc2C(=O)NC(CO)CCSC)cc1Cl. The predicted octanol–water partition coefficient (Wildman–Crippen LogP) is 2.58. The Morgan fingerprint density at radius 1 is 1.54 bits per heavy atom. The Morgan fingerprint density at radius 2 is 2.33 bits per heavy atom. The fraction of sp³-hybridized carbons (Fsp3) is 0.375. The maximum atomic E-state index is 12.5. The number of amides is 1. The van der Waals surface area contributed by atoms with Gasteiger partial charge in [0.15, 0.2) is 0 Å². The average molecular weight is 370 g/mol. The van der Waals surface area contributed by atoms with Gasteiger partial charge in [0.05, 0.1) is 42.2 Å². The summed E-state index contributed by atoms with van der Waals surface area (Å²) in [7, 11) is 1.54. The predicted molar refractivity (Wildman–Crippen MR) is 96.9 cm³/mol. The number of hydrogen-bond donors (Lipinski definition) is 3. The topological polar surface area (TPSA) is 87.2 Å². The van der Waals surface area contributed by atoms with Crippen LogP contribution in [0.15, 0.2) is 24.4 Å². The van der Waals surface area contributed by atoms with Crippen LogP contribution in [0.2, 0.25) is 5.02 Å². The van der Waals surface area contributed by atoms with Crippen molar-refractivity contribution in [2.24, 2.45) is 0 Å². The van der Waals surface area contributed by atoms with Crippen molar-refractivity contribution < 1.29 is 14.6 Å². The smallest absolute Gasteiger partial charge is 0.255 e. The Hall–Kier alpha value is -1.70. The van der Waals surface area contributed by atoms with E-state index < -0.39 is 0 Å². The van der Waals surface area contributed by atoms with Crippen LogP contribution in [0.3, 0.4) is 0 Å². The van der Waals surface area contributed by atoms with Crippen molar-refractivity contribution in [2.45, 2.75) is 12.5 Å². The van der Waals surface area contributed by atoms with Crippen LogP contribution in [-0.2, 0) is 0 Å². The zero-order valence-corrected chi connectivity index (χ0v) is 15.1. The summed E-state index contributed by atoms with van der Waals surface area (Å²) in [6.45, 7) is -0.103. The van der Waals surface area contributed by atoms with E-state index in [1.807, 2.05) is 6.26 Å². The van der Waals surface area contributed by atoms with Crippen molar-refractivity contribution in [3.8, 4) is 17.0 Å². The number of methoxy groups -OCH3 is 1. The minimum atomic E-state index is -0.286. The van der Waals surface area contributed by atoms with E-state index in [-0.39, 0.29) is 18.6 Å². The van der Waals surface area contributed by atoms with Gasteiger partial charge in [-0.3, -0.25) is 9.89 Å². The Balaban J connectivity index is 2.20. The van der Waals surface area contributed by atoms with Crippen molar-refractivity contribution >= 4 is 29.3 Å². The van der Waals surface area contributed by atoms with E-state index in [2.05, 4.69) is 15.5 Å². The van der Waals surface area contributed by atoms with Gasteiger partial charge in [0.25, 0.3) is 5.91 Å². The number of rotatable bonds is 8. The monoisotopic (exact) mass is 369 g/mol. The molecule has 1 heterocycles. The van der Waals surface area contributed by atoms with Gasteiger partial charge < -0.3 is 15.2 Å². The molecule has 0 aliphatic heterocycles. The molecular weight excluding hydrogens is 350 g/mol. The van der Waals surface area contributed by atoms with Gasteiger partial charge in [0.2, 0.25) is 0 Å². The van der Waals surface area contributed by atoms with Crippen LogP contribution >= 0.6 is 23.4 Å². The van der Waals surface area contributed by atoms with E-state index in [1.165, 1.54) is 6.20 Å². The molecule has 1 unspecified atom stereocenters. The third-order valence-electron chi connectivity index (χ3n) is 3.55. The van der Waals surface area contributed by atoms with Crippen molar-refractivity contribution in [1.82, 2.24) is 15.5 Å². The molecule has 0 radical (unpaired) electrons. The van der Waals surface area contributed by atoms with Gasteiger partial charge >= 0.3 is 0 Å². The van der Waals surface area contributed by atoms with E-state index >= 15 is 0 Å². The lowest BCUT2D eigenvalue weighted by molar-refractivity contribution is 0.0916. The molecule has 1 aromatic carbocycles. The Labute approximate surface area is 149 Å². The molecule has 0 saturated carbocycles. The summed E-state index contributed by atoms with van der Waals surface area (Å²) < 4.78 is 5.13. The number of H-pyrrole nitrogens is 1. The molecule has 2 aromatic rings. The lowest BCUT2D eigenvalue weighted by atomic mass is 10.1.